The molecule has 1 radical (unpaired) electrons. The van der Waals surface area contributed by atoms with Gasteiger partial charge >= 0.3 is 43.1 Å². The summed E-state index contributed by atoms with van der Waals surface area (Å²) >= 11 is -0.164. The Morgan fingerprint density at radius 3 is 1.60 bits per heavy atom. The van der Waals surface area contributed by atoms with Crippen LogP contribution in [0, 0.1) is 0 Å². The zero-order valence-electron chi connectivity index (χ0n) is 2.17. The molecule has 0 heterocycles. The van der Waals surface area contributed by atoms with Gasteiger partial charge in [0.05, 0.1) is 0 Å². The van der Waals surface area contributed by atoms with E-state index in [4.69, 9.17) is 4.55 Å². The maximum absolute atomic E-state index is 9.25. The molecule has 0 atom stereocenters. The molecule has 3 nitrogen and oxygen atoms in total. The third kappa shape index (κ3) is 59.4. The van der Waals surface area contributed by atoms with Crippen molar-refractivity contribution in [3.05, 3.63) is 0 Å². The Kier molecular flexibility index (Phi) is 1.73. The van der Waals surface area contributed by atoms with E-state index in [0.717, 1.165) is 0 Å². The van der Waals surface area contributed by atoms with Gasteiger partial charge in [0.25, 0.3) is 0 Å². The van der Waals surface area contributed by atoms with Gasteiger partial charge in [-0.25, -0.2) is 0 Å². The summed E-state index contributed by atoms with van der Waals surface area (Å²) in [5, 5.41) is 0. The van der Waals surface area contributed by atoms with Crippen molar-refractivity contribution in [1.29, 1.82) is 0 Å². The first-order valence-corrected chi connectivity index (χ1v) is 6.92. The van der Waals surface area contributed by atoms with Gasteiger partial charge in [-0.3, -0.25) is 0 Å². The Morgan fingerprint density at radius 1 is 1.60 bits per heavy atom. The van der Waals surface area contributed by atoms with E-state index in [1.54, 1.807) is 0 Å². The van der Waals surface area contributed by atoms with E-state index >= 15 is 0 Å². The van der Waals surface area contributed by atoms with Crippen LogP contribution in [0.15, 0.2) is 0 Å². The van der Waals surface area contributed by atoms with Crippen LogP contribution < -0.4 is 0 Å². The van der Waals surface area contributed by atoms with Crippen LogP contribution >= 0.6 is 0 Å². The molecule has 0 bridgehead atoms. The molecule has 0 aliphatic heterocycles. The third-order valence-corrected chi connectivity index (χ3v) is 0. The van der Waals surface area contributed by atoms with E-state index in [9.17, 15) is 8.42 Å². The summed E-state index contributed by atoms with van der Waals surface area (Å²) < 4.78 is 26.1. The van der Waals surface area contributed by atoms with Gasteiger partial charge in [0, 0.05) is 0 Å². The molecule has 0 aromatic carbocycles. The molecule has 5 heteroatoms. The summed E-state index contributed by atoms with van der Waals surface area (Å²) in [5.41, 5.74) is 0. The minimum absolute atomic E-state index is 0.164. The first-order valence-electron chi connectivity index (χ1n) is 0.720. The van der Waals surface area contributed by atoms with Gasteiger partial charge in [-0.1, -0.05) is 0 Å². The Morgan fingerprint density at radius 2 is 1.60 bits per heavy atom. The predicted molar refractivity (Wildman–Crippen MR) is 18.7 cm³/mol. The fraction of sp³-hybridized carbons (Fsp3) is 0. The zero-order valence-corrected chi connectivity index (χ0v) is 6.88. The fourth-order valence-corrected chi connectivity index (χ4v) is 0. The molecule has 0 amide bonds. The maximum atomic E-state index is 9.25. The molecule has 0 aliphatic carbocycles. The molecule has 0 unspecified atom stereocenters. The molecule has 0 saturated carbocycles. The van der Waals surface area contributed by atoms with Crippen molar-refractivity contribution in [3.8, 4) is 0 Å². The van der Waals surface area contributed by atoms with Gasteiger partial charge in [-0.15, -0.1) is 0 Å². The summed E-state index contributed by atoms with van der Waals surface area (Å²) in [6, 6.07) is 0. The molecule has 0 aliphatic rings. The van der Waals surface area contributed by atoms with E-state index in [-0.39, 0.29) is 23.3 Å². The number of hydrogen-bond donors (Lipinski definition) is 1. The molecular formula is H2BiO3S. The van der Waals surface area contributed by atoms with Crippen LogP contribution in [0.3, 0.4) is 0 Å². The molecule has 5 heavy (non-hydrogen) atoms. The normalized spacial score (nSPS) is 11.6. The Labute approximate surface area is 43.2 Å². The topological polar surface area (TPSA) is 54.4 Å². The van der Waals surface area contributed by atoms with E-state index in [1.165, 1.54) is 0 Å². The standard InChI is InChI=1S/Bi.HO3S.H/c;1-4(2)3;/h;(H,1,2,3);. The second-order valence-electron chi connectivity index (χ2n) is 0.475. The van der Waals surface area contributed by atoms with Crippen LogP contribution in [0.2, 0.25) is 0 Å². The quantitative estimate of drug-likeness (QED) is 0.445. The van der Waals surface area contributed by atoms with E-state index in [2.05, 4.69) is 0 Å². The summed E-state index contributed by atoms with van der Waals surface area (Å²) in [6.07, 6.45) is 0. The van der Waals surface area contributed by atoms with Gasteiger partial charge < -0.3 is 0 Å². The van der Waals surface area contributed by atoms with Crippen LogP contribution in [-0.2, 0) is 6.87 Å². The van der Waals surface area contributed by atoms with Crippen molar-refractivity contribution in [2.45, 2.75) is 0 Å². The first kappa shape index (κ1) is 5.79. The SMILES string of the molecule is O=[S](=O)(O)[BiH]. The van der Waals surface area contributed by atoms with Crippen molar-refractivity contribution < 1.29 is 13.0 Å². The van der Waals surface area contributed by atoms with Gasteiger partial charge in [0.15, 0.2) is 0 Å². The van der Waals surface area contributed by atoms with E-state index in [0.29, 0.717) is 0 Å². The molecule has 31 valence electrons. The fourth-order valence-electron chi connectivity index (χ4n) is 0. The minimum atomic E-state index is -3.53. The third-order valence-electron chi connectivity index (χ3n) is 0. The molecule has 1 N–H and O–H groups in total. The summed E-state index contributed by atoms with van der Waals surface area (Å²) in [5.74, 6) is 0. The Hall–Kier alpha value is 0.793. The van der Waals surface area contributed by atoms with Crippen molar-refractivity contribution in [2.24, 2.45) is 0 Å². The number of hydrogen-bond acceptors (Lipinski definition) is 2. The number of rotatable bonds is 0. The van der Waals surface area contributed by atoms with E-state index in [1.807, 2.05) is 0 Å². The monoisotopic (exact) mass is 291 g/mol. The molecule has 0 spiro atoms. The molecule has 0 saturated heterocycles. The van der Waals surface area contributed by atoms with E-state index < -0.39 is 6.87 Å². The van der Waals surface area contributed by atoms with Crippen molar-refractivity contribution >= 4 is 30.1 Å². The molecule has 0 aromatic rings. The second-order valence-corrected chi connectivity index (χ2v) is 7.44. The van der Waals surface area contributed by atoms with Crippen molar-refractivity contribution in [2.75, 3.05) is 0 Å². The van der Waals surface area contributed by atoms with Crippen LogP contribution in [0.5, 0.6) is 0 Å². The van der Waals surface area contributed by atoms with Gasteiger partial charge in [-0.2, -0.15) is 0 Å². The Bertz CT molecular complexity index is 90.1. The first-order chi connectivity index (χ1) is 2.00. The predicted octanol–water partition coefficient (Wildman–Crippen LogP) is -1.31. The van der Waals surface area contributed by atoms with Crippen LogP contribution in [0.4, 0.5) is 0 Å². The summed E-state index contributed by atoms with van der Waals surface area (Å²) in [4.78, 5) is 0. The molecule has 0 rings (SSSR count). The summed E-state index contributed by atoms with van der Waals surface area (Å²) in [7, 11) is 0. The molecular weight excluding hydrogens is 289 g/mol. The van der Waals surface area contributed by atoms with Crippen LogP contribution in [0.1, 0.15) is 0 Å². The van der Waals surface area contributed by atoms with Crippen LogP contribution in [0.25, 0.3) is 0 Å². The van der Waals surface area contributed by atoms with Crippen molar-refractivity contribution in [1.82, 2.24) is 0 Å². The average Bonchev–Trinajstić information content (AvgIpc) is 0.722. The Balaban J connectivity index is 4.06. The molecule has 0 aromatic heterocycles. The summed E-state index contributed by atoms with van der Waals surface area (Å²) in [6.45, 7) is -3.53. The van der Waals surface area contributed by atoms with Gasteiger partial charge in [-0.05, 0) is 0 Å². The zero-order chi connectivity index (χ0) is 4.50. The molecule has 0 fully saturated rings. The van der Waals surface area contributed by atoms with Gasteiger partial charge in [0.1, 0.15) is 0 Å². The van der Waals surface area contributed by atoms with Gasteiger partial charge in [0.2, 0.25) is 0 Å². The van der Waals surface area contributed by atoms with Crippen LogP contribution in [-0.4, -0.2) is 36.2 Å². The van der Waals surface area contributed by atoms with Crippen molar-refractivity contribution in [3.63, 3.8) is 0 Å². The average molecular weight is 291 g/mol. The second kappa shape index (κ2) is 1.49.